The number of nitrogens with one attached hydrogen (secondary N) is 2. The van der Waals surface area contributed by atoms with Crippen molar-refractivity contribution >= 4 is 40.6 Å². The maximum Gasteiger partial charge on any atom is 0.338 e. The van der Waals surface area contributed by atoms with Crippen LogP contribution < -0.4 is 15.5 Å². The van der Waals surface area contributed by atoms with E-state index in [-0.39, 0.29) is 25.0 Å². The lowest BCUT2D eigenvalue weighted by Gasteiger charge is -2.18. The third-order valence-corrected chi connectivity index (χ3v) is 6.13. The zero-order chi connectivity index (χ0) is 26.4. The summed E-state index contributed by atoms with van der Waals surface area (Å²) < 4.78 is 5.09. The highest BCUT2D eigenvalue weighted by Gasteiger charge is 2.36. The summed E-state index contributed by atoms with van der Waals surface area (Å²) >= 11 is 0. The fourth-order valence-corrected chi connectivity index (χ4v) is 4.16. The number of hydrogen-bond donors (Lipinski definition) is 2. The quantitative estimate of drug-likeness (QED) is 0.339. The molecule has 1 heterocycles. The van der Waals surface area contributed by atoms with Gasteiger partial charge in [0.15, 0.2) is 0 Å². The van der Waals surface area contributed by atoms with E-state index in [1.165, 1.54) is 0 Å². The SMILES string of the molecule is CCNCC(=O)N(C)c1ccc(N=C(c2ccccc2)C2C(=O)Nc3cc(C(=O)OCC)ccc32)cc1. The van der Waals surface area contributed by atoms with E-state index in [2.05, 4.69) is 10.6 Å². The van der Waals surface area contributed by atoms with Gasteiger partial charge in [-0.3, -0.25) is 14.6 Å². The van der Waals surface area contributed by atoms with E-state index in [0.29, 0.717) is 22.6 Å². The van der Waals surface area contributed by atoms with E-state index >= 15 is 0 Å². The van der Waals surface area contributed by atoms with Crippen molar-refractivity contribution in [2.24, 2.45) is 4.99 Å². The highest BCUT2D eigenvalue weighted by atomic mass is 16.5. The zero-order valence-corrected chi connectivity index (χ0v) is 21.2. The molecule has 0 saturated heterocycles. The van der Waals surface area contributed by atoms with Gasteiger partial charge in [0.1, 0.15) is 5.92 Å². The summed E-state index contributed by atoms with van der Waals surface area (Å²) in [4.78, 5) is 44.2. The van der Waals surface area contributed by atoms with Crippen molar-refractivity contribution in [3.05, 3.63) is 89.5 Å². The number of anilines is 2. The Bertz CT molecular complexity index is 1320. The van der Waals surface area contributed by atoms with Gasteiger partial charge in [-0.15, -0.1) is 0 Å². The molecule has 1 aliphatic rings. The van der Waals surface area contributed by atoms with Crippen LogP contribution in [0.1, 0.15) is 41.3 Å². The van der Waals surface area contributed by atoms with Gasteiger partial charge in [-0.2, -0.15) is 0 Å². The number of carbonyl (C=O) groups is 3. The average molecular weight is 499 g/mol. The molecule has 0 aliphatic carbocycles. The molecule has 3 aromatic carbocycles. The third kappa shape index (κ3) is 5.76. The Kier molecular flexibility index (Phi) is 8.10. The van der Waals surface area contributed by atoms with Gasteiger partial charge in [-0.25, -0.2) is 4.79 Å². The number of rotatable bonds is 9. The van der Waals surface area contributed by atoms with E-state index in [1.807, 2.05) is 61.5 Å². The van der Waals surface area contributed by atoms with Gasteiger partial charge in [0, 0.05) is 18.4 Å². The first-order valence-electron chi connectivity index (χ1n) is 12.3. The minimum atomic E-state index is -0.655. The summed E-state index contributed by atoms with van der Waals surface area (Å²) in [6, 6.07) is 21.9. The van der Waals surface area contributed by atoms with Crippen molar-refractivity contribution in [2.45, 2.75) is 19.8 Å². The Labute approximate surface area is 216 Å². The fraction of sp³-hybridized carbons (Fsp3) is 0.241. The second-order valence-electron chi connectivity index (χ2n) is 8.56. The molecule has 0 spiro atoms. The molecule has 0 saturated carbocycles. The minimum Gasteiger partial charge on any atom is -0.462 e. The molecule has 2 N–H and O–H groups in total. The Morgan fingerprint density at radius 3 is 2.41 bits per heavy atom. The van der Waals surface area contributed by atoms with E-state index < -0.39 is 11.9 Å². The fourth-order valence-electron chi connectivity index (χ4n) is 4.16. The van der Waals surface area contributed by atoms with Crippen molar-refractivity contribution in [2.75, 3.05) is 37.0 Å². The van der Waals surface area contributed by atoms with Crippen LogP contribution in [0, 0.1) is 0 Å². The zero-order valence-electron chi connectivity index (χ0n) is 21.2. The Morgan fingerprint density at radius 1 is 1.00 bits per heavy atom. The predicted octanol–water partition coefficient (Wildman–Crippen LogP) is 4.29. The second-order valence-corrected chi connectivity index (χ2v) is 8.56. The van der Waals surface area contributed by atoms with Crippen LogP contribution >= 0.6 is 0 Å². The molecule has 1 aliphatic heterocycles. The molecule has 190 valence electrons. The van der Waals surface area contributed by atoms with Crippen molar-refractivity contribution < 1.29 is 19.1 Å². The number of carbonyl (C=O) groups excluding carboxylic acids is 3. The largest absolute Gasteiger partial charge is 0.462 e. The van der Waals surface area contributed by atoms with Crippen molar-refractivity contribution in [3.8, 4) is 0 Å². The second kappa shape index (κ2) is 11.6. The van der Waals surface area contributed by atoms with Crippen LogP contribution in [-0.4, -0.2) is 50.2 Å². The Morgan fingerprint density at radius 2 is 1.73 bits per heavy atom. The molecule has 0 bridgehead atoms. The topological polar surface area (TPSA) is 100 Å². The van der Waals surface area contributed by atoms with Crippen LogP contribution in [0.15, 0.2) is 77.8 Å². The average Bonchev–Trinajstić information content (AvgIpc) is 3.25. The van der Waals surface area contributed by atoms with Crippen LogP contribution in [0.4, 0.5) is 17.1 Å². The van der Waals surface area contributed by atoms with Crippen LogP contribution in [-0.2, 0) is 14.3 Å². The number of hydrogen-bond acceptors (Lipinski definition) is 6. The van der Waals surface area contributed by atoms with Crippen molar-refractivity contribution in [1.82, 2.24) is 5.32 Å². The summed E-state index contributed by atoms with van der Waals surface area (Å²) in [6.07, 6.45) is 0. The number of benzene rings is 3. The smallest absolute Gasteiger partial charge is 0.338 e. The molecule has 3 aromatic rings. The first-order chi connectivity index (χ1) is 17.9. The number of aliphatic imine (C=N–C) groups is 1. The van der Waals surface area contributed by atoms with Gasteiger partial charge in [0.2, 0.25) is 11.8 Å². The maximum atomic E-state index is 13.2. The van der Waals surface area contributed by atoms with Gasteiger partial charge in [0.25, 0.3) is 0 Å². The summed E-state index contributed by atoms with van der Waals surface area (Å²) in [5.74, 6) is -1.35. The molecule has 37 heavy (non-hydrogen) atoms. The lowest BCUT2D eigenvalue weighted by atomic mass is 9.90. The number of amides is 2. The van der Waals surface area contributed by atoms with Gasteiger partial charge in [0.05, 0.1) is 30.1 Å². The van der Waals surface area contributed by atoms with Crippen LogP contribution in [0.25, 0.3) is 0 Å². The summed E-state index contributed by atoms with van der Waals surface area (Å²) in [6.45, 7) is 4.95. The normalized spacial score (nSPS) is 14.6. The molecule has 0 radical (unpaired) electrons. The standard InChI is InChI=1S/C29H30N4O4/c1-4-30-18-25(34)33(3)22-14-12-21(13-15-22)31-27(19-9-7-6-8-10-19)26-23-16-11-20(29(36)37-5-2)17-24(23)32-28(26)35/h6-17,26,30H,4-5,18H2,1-3H3,(H,32,35). The number of fused-ring (bicyclic) bond motifs is 1. The summed E-state index contributed by atoms with van der Waals surface area (Å²) in [7, 11) is 1.73. The summed E-state index contributed by atoms with van der Waals surface area (Å²) in [5, 5.41) is 5.93. The van der Waals surface area contributed by atoms with Crippen LogP contribution in [0.2, 0.25) is 0 Å². The van der Waals surface area contributed by atoms with E-state index in [0.717, 1.165) is 23.4 Å². The number of ether oxygens (including phenoxy) is 1. The Balaban J connectivity index is 1.69. The molecule has 1 unspecified atom stereocenters. The molecular formula is C29H30N4O4. The molecule has 8 heteroatoms. The van der Waals surface area contributed by atoms with Crippen molar-refractivity contribution in [1.29, 1.82) is 0 Å². The molecule has 4 rings (SSSR count). The van der Waals surface area contributed by atoms with Gasteiger partial charge in [-0.05, 0) is 61.0 Å². The molecular weight excluding hydrogens is 468 g/mol. The van der Waals surface area contributed by atoms with E-state index in [9.17, 15) is 14.4 Å². The first kappa shape index (κ1) is 25.8. The lowest BCUT2D eigenvalue weighted by Crippen LogP contribution is -2.35. The van der Waals surface area contributed by atoms with E-state index in [4.69, 9.17) is 9.73 Å². The Hall–Kier alpha value is -4.30. The highest BCUT2D eigenvalue weighted by Crippen LogP contribution is 2.37. The molecule has 2 amide bonds. The monoisotopic (exact) mass is 498 g/mol. The van der Waals surface area contributed by atoms with Crippen LogP contribution in [0.5, 0.6) is 0 Å². The first-order valence-corrected chi connectivity index (χ1v) is 12.3. The number of nitrogens with zero attached hydrogens (tertiary/aromatic N) is 2. The maximum absolute atomic E-state index is 13.2. The molecule has 0 fully saturated rings. The molecule has 1 atom stereocenters. The summed E-state index contributed by atoms with van der Waals surface area (Å²) in [5.41, 5.74) is 4.49. The third-order valence-electron chi connectivity index (χ3n) is 6.13. The van der Waals surface area contributed by atoms with Crippen LogP contribution in [0.3, 0.4) is 0 Å². The van der Waals surface area contributed by atoms with Gasteiger partial charge >= 0.3 is 5.97 Å². The minimum absolute atomic E-state index is 0.0375. The van der Waals surface area contributed by atoms with E-state index in [1.54, 1.807) is 37.1 Å². The highest BCUT2D eigenvalue weighted by molar-refractivity contribution is 6.24. The molecule has 0 aromatic heterocycles. The lowest BCUT2D eigenvalue weighted by molar-refractivity contribution is -0.117. The van der Waals surface area contributed by atoms with Gasteiger partial charge in [-0.1, -0.05) is 43.3 Å². The van der Waals surface area contributed by atoms with Crippen molar-refractivity contribution in [3.63, 3.8) is 0 Å². The number of likely N-dealkylation sites (N-methyl/N-ethyl adjacent to an activating group) is 2. The van der Waals surface area contributed by atoms with Gasteiger partial charge < -0.3 is 20.3 Å². The predicted molar refractivity (Wildman–Crippen MR) is 145 cm³/mol. The number of esters is 1. The molecule has 8 nitrogen and oxygen atoms in total.